The lowest BCUT2D eigenvalue weighted by Crippen LogP contribution is -2.36. The molecular weight excluding hydrogens is 294 g/mol. The van der Waals surface area contributed by atoms with Gasteiger partial charge < -0.3 is 9.67 Å². The van der Waals surface area contributed by atoms with Crippen LogP contribution in [0.3, 0.4) is 0 Å². The molecule has 0 aliphatic heterocycles. The van der Waals surface area contributed by atoms with Crippen molar-refractivity contribution in [2.45, 2.75) is 30.2 Å². The molecule has 0 aromatic carbocycles. The first-order valence-electron chi connectivity index (χ1n) is 5.93. The van der Waals surface area contributed by atoms with Crippen LogP contribution in [0, 0.1) is 0 Å². The van der Waals surface area contributed by atoms with Crippen molar-refractivity contribution in [2.24, 2.45) is 7.05 Å². The number of halogens is 2. The second-order valence-corrected chi connectivity index (χ2v) is 6.56. The van der Waals surface area contributed by atoms with Crippen LogP contribution < -0.4 is 0 Å². The van der Waals surface area contributed by atoms with E-state index in [2.05, 4.69) is 0 Å². The van der Waals surface area contributed by atoms with Gasteiger partial charge in [-0.2, -0.15) is 4.31 Å². The minimum absolute atomic E-state index is 0.212. The quantitative estimate of drug-likeness (QED) is 0.854. The normalized spacial score (nSPS) is 16.1. The second-order valence-electron chi connectivity index (χ2n) is 4.67. The molecule has 1 aliphatic rings. The number of carboxylic acid groups (broad SMARTS) is 1. The molecule has 2 rings (SSSR count). The first-order chi connectivity index (χ1) is 9.23. The van der Waals surface area contributed by atoms with E-state index >= 15 is 0 Å². The van der Waals surface area contributed by atoms with Gasteiger partial charge in [0.2, 0.25) is 10.0 Å². The van der Waals surface area contributed by atoms with Gasteiger partial charge in [0.15, 0.2) is 0 Å². The van der Waals surface area contributed by atoms with E-state index in [-0.39, 0.29) is 10.6 Å². The summed E-state index contributed by atoms with van der Waals surface area (Å²) in [5, 5.41) is 8.90. The van der Waals surface area contributed by atoms with Gasteiger partial charge >= 0.3 is 5.97 Å². The highest BCUT2D eigenvalue weighted by atomic mass is 32.2. The topological polar surface area (TPSA) is 79.6 Å². The van der Waals surface area contributed by atoms with Crippen LogP contribution in [0.25, 0.3) is 0 Å². The van der Waals surface area contributed by atoms with Crippen LogP contribution >= 0.6 is 0 Å². The number of hydrogen-bond donors (Lipinski definition) is 1. The van der Waals surface area contributed by atoms with E-state index in [9.17, 15) is 22.0 Å². The highest BCUT2D eigenvalue weighted by molar-refractivity contribution is 7.89. The Morgan fingerprint density at radius 2 is 2.15 bits per heavy atom. The number of rotatable bonds is 6. The van der Waals surface area contributed by atoms with E-state index in [1.54, 1.807) is 0 Å². The van der Waals surface area contributed by atoms with Crippen LogP contribution in [-0.4, -0.2) is 47.4 Å². The molecular formula is C11H14F2N2O4S. The summed E-state index contributed by atoms with van der Waals surface area (Å²) in [6.45, 7) is -0.871. The Kier molecular flexibility index (Phi) is 3.83. The van der Waals surface area contributed by atoms with E-state index in [1.165, 1.54) is 7.05 Å². The largest absolute Gasteiger partial charge is 0.477 e. The maximum Gasteiger partial charge on any atom is 0.352 e. The maximum absolute atomic E-state index is 12.5. The molecule has 1 aliphatic carbocycles. The van der Waals surface area contributed by atoms with Crippen LogP contribution in [0.15, 0.2) is 17.2 Å². The first kappa shape index (κ1) is 14.9. The smallest absolute Gasteiger partial charge is 0.352 e. The van der Waals surface area contributed by atoms with Crippen molar-refractivity contribution in [2.75, 3.05) is 6.54 Å². The lowest BCUT2D eigenvalue weighted by Gasteiger charge is -2.20. The van der Waals surface area contributed by atoms with E-state index in [0.717, 1.165) is 21.1 Å². The number of hydrogen-bond acceptors (Lipinski definition) is 3. The zero-order valence-electron chi connectivity index (χ0n) is 10.7. The number of aromatic nitrogens is 1. The average Bonchev–Trinajstić information content (AvgIpc) is 3.07. The van der Waals surface area contributed by atoms with Gasteiger partial charge in [-0.3, -0.25) is 0 Å². The predicted molar refractivity (Wildman–Crippen MR) is 65.3 cm³/mol. The molecule has 1 fully saturated rings. The molecule has 0 spiro atoms. The molecule has 1 aromatic heterocycles. The number of aryl methyl sites for hydroxylation is 1. The summed E-state index contributed by atoms with van der Waals surface area (Å²) in [5.41, 5.74) is -0.212. The zero-order valence-corrected chi connectivity index (χ0v) is 11.5. The second kappa shape index (κ2) is 5.13. The Balaban J connectivity index is 2.37. The number of sulfonamides is 1. The number of aromatic carboxylic acids is 1. The maximum atomic E-state index is 12.5. The Labute approximate surface area is 114 Å². The van der Waals surface area contributed by atoms with E-state index < -0.39 is 35.0 Å². The number of carbonyl (C=O) groups is 1. The fourth-order valence-corrected chi connectivity index (χ4v) is 3.70. The third-order valence-corrected chi connectivity index (χ3v) is 4.96. The standard InChI is InChI=1S/C11H14F2N2O4S/c1-14-5-8(4-9(14)11(16)17)20(18,19)15(6-10(12)13)7-2-3-7/h4-5,7,10H,2-3,6H2,1H3,(H,16,17). The van der Waals surface area contributed by atoms with Crippen molar-refractivity contribution < 1.29 is 27.1 Å². The van der Waals surface area contributed by atoms with Crippen molar-refractivity contribution >= 4 is 16.0 Å². The molecule has 1 N–H and O–H groups in total. The molecule has 0 atom stereocenters. The summed E-state index contributed by atoms with van der Waals surface area (Å²) in [5.74, 6) is -1.28. The summed E-state index contributed by atoms with van der Waals surface area (Å²) in [6, 6.07) is 0.570. The number of nitrogens with zero attached hydrogens (tertiary/aromatic N) is 2. The van der Waals surface area contributed by atoms with Crippen LogP contribution in [0.2, 0.25) is 0 Å². The lowest BCUT2D eigenvalue weighted by molar-refractivity contribution is 0.0686. The Morgan fingerprint density at radius 1 is 1.55 bits per heavy atom. The van der Waals surface area contributed by atoms with Crippen LogP contribution in [0.4, 0.5) is 8.78 Å². The summed E-state index contributed by atoms with van der Waals surface area (Å²) in [7, 11) is -2.71. The highest BCUT2D eigenvalue weighted by Crippen LogP contribution is 2.33. The van der Waals surface area contributed by atoms with Crippen molar-refractivity contribution in [1.82, 2.24) is 8.87 Å². The highest BCUT2D eigenvalue weighted by Gasteiger charge is 2.40. The molecule has 0 unspecified atom stereocenters. The average molecular weight is 308 g/mol. The van der Waals surface area contributed by atoms with Gasteiger partial charge in [-0.1, -0.05) is 0 Å². The van der Waals surface area contributed by atoms with Crippen molar-refractivity contribution in [3.63, 3.8) is 0 Å². The predicted octanol–water partition coefficient (Wildman–Crippen LogP) is 1.14. The molecule has 1 aromatic rings. The van der Waals surface area contributed by atoms with Crippen molar-refractivity contribution in [3.8, 4) is 0 Å². The van der Waals surface area contributed by atoms with Gasteiger partial charge in [-0.25, -0.2) is 22.0 Å². The number of carboxylic acids is 1. The Hall–Kier alpha value is -1.48. The van der Waals surface area contributed by atoms with Gasteiger partial charge in [0, 0.05) is 19.3 Å². The molecule has 112 valence electrons. The fraction of sp³-hybridized carbons (Fsp3) is 0.545. The van der Waals surface area contributed by atoms with Gasteiger partial charge in [0.1, 0.15) is 10.6 Å². The first-order valence-corrected chi connectivity index (χ1v) is 7.37. The molecule has 20 heavy (non-hydrogen) atoms. The summed E-state index contributed by atoms with van der Waals surface area (Å²) in [6.07, 6.45) is -0.553. The van der Waals surface area contributed by atoms with E-state index in [1.807, 2.05) is 0 Å². The Bertz CT molecular complexity index is 622. The summed E-state index contributed by atoms with van der Waals surface area (Å²) < 4.78 is 51.6. The summed E-state index contributed by atoms with van der Waals surface area (Å²) in [4.78, 5) is 10.6. The monoisotopic (exact) mass is 308 g/mol. The molecule has 0 saturated heterocycles. The van der Waals surface area contributed by atoms with Crippen LogP contribution in [0.1, 0.15) is 23.3 Å². The number of alkyl halides is 2. The molecule has 1 heterocycles. The summed E-state index contributed by atoms with van der Waals surface area (Å²) >= 11 is 0. The lowest BCUT2D eigenvalue weighted by atomic mass is 10.4. The fourth-order valence-electron chi connectivity index (χ4n) is 1.97. The van der Waals surface area contributed by atoms with Gasteiger partial charge in [0.25, 0.3) is 6.43 Å². The van der Waals surface area contributed by atoms with Crippen molar-refractivity contribution in [1.29, 1.82) is 0 Å². The molecule has 6 nitrogen and oxygen atoms in total. The SMILES string of the molecule is Cn1cc(S(=O)(=O)N(CC(F)F)C2CC2)cc1C(=O)O. The van der Waals surface area contributed by atoms with Crippen molar-refractivity contribution in [3.05, 3.63) is 18.0 Å². The third-order valence-electron chi connectivity index (χ3n) is 3.08. The van der Waals surface area contributed by atoms with Gasteiger partial charge in [-0.15, -0.1) is 0 Å². The molecule has 0 radical (unpaired) electrons. The zero-order chi connectivity index (χ0) is 15.1. The van der Waals surface area contributed by atoms with Gasteiger partial charge in [-0.05, 0) is 18.9 Å². The third kappa shape index (κ3) is 2.83. The molecule has 0 amide bonds. The molecule has 1 saturated carbocycles. The molecule has 0 bridgehead atoms. The van der Waals surface area contributed by atoms with E-state index in [0.29, 0.717) is 12.8 Å². The van der Waals surface area contributed by atoms with E-state index in [4.69, 9.17) is 5.11 Å². The van der Waals surface area contributed by atoms with Gasteiger partial charge in [0.05, 0.1) is 6.54 Å². The minimum Gasteiger partial charge on any atom is -0.477 e. The van der Waals surface area contributed by atoms with Crippen LogP contribution in [0.5, 0.6) is 0 Å². The minimum atomic E-state index is -4.10. The van der Waals surface area contributed by atoms with Crippen LogP contribution in [-0.2, 0) is 17.1 Å². The Morgan fingerprint density at radius 3 is 2.55 bits per heavy atom. The molecule has 9 heteroatoms.